The third-order valence-electron chi connectivity index (χ3n) is 8.83. The van der Waals surface area contributed by atoms with E-state index in [9.17, 15) is 24.0 Å². The van der Waals surface area contributed by atoms with E-state index in [1.807, 2.05) is 20.8 Å². The Kier molecular flexibility index (Phi) is 6.93. The van der Waals surface area contributed by atoms with Gasteiger partial charge in [-0.1, -0.05) is 20.8 Å². The number of primary amides is 2. The number of carbonyl (C=O) groups is 5. The molecule has 0 aromatic rings. The summed E-state index contributed by atoms with van der Waals surface area (Å²) in [5.41, 5.74) is 10.0. The molecule has 1 aliphatic carbocycles. The highest BCUT2D eigenvalue weighted by molar-refractivity contribution is 5.95. The van der Waals surface area contributed by atoms with E-state index in [0.29, 0.717) is 45.6 Å². The first-order chi connectivity index (χ1) is 16.9. The van der Waals surface area contributed by atoms with Gasteiger partial charge in [-0.2, -0.15) is 0 Å². The van der Waals surface area contributed by atoms with Crippen LogP contribution in [0, 0.1) is 28.6 Å². The van der Waals surface area contributed by atoms with Crippen LogP contribution in [-0.4, -0.2) is 79.1 Å². The lowest BCUT2D eigenvalue weighted by molar-refractivity contribution is -0.156. The molecule has 4 rings (SSSR count). The van der Waals surface area contributed by atoms with Gasteiger partial charge in [0.05, 0.1) is 0 Å². The molecule has 0 radical (unpaired) electrons. The number of hydrogen-bond donors (Lipinski definition) is 4. The molecule has 5 amide bonds. The van der Waals surface area contributed by atoms with Crippen molar-refractivity contribution in [2.24, 2.45) is 40.1 Å². The summed E-state index contributed by atoms with van der Waals surface area (Å²) >= 11 is 0. The maximum absolute atomic E-state index is 13.8. The lowest BCUT2D eigenvalue weighted by atomic mass is 9.76. The van der Waals surface area contributed by atoms with Gasteiger partial charge in [0, 0.05) is 37.6 Å². The Bertz CT molecular complexity index is 947. The fraction of sp³-hybridized carbons (Fsp3) is 0.792. The molecule has 0 unspecified atom stereocenters. The molecule has 36 heavy (non-hydrogen) atoms. The second-order valence-corrected chi connectivity index (χ2v) is 11.4. The summed E-state index contributed by atoms with van der Waals surface area (Å²) < 4.78 is 10.8. The molecule has 1 saturated carbocycles. The molecule has 200 valence electrons. The summed E-state index contributed by atoms with van der Waals surface area (Å²) in [7, 11) is 0. The number of rotatable bonds is 8. The van der Waals surface area contributed by atoms with Crippen molar-refractivity contribution in [2.45, 2.75) is 64.6 Å². The van der Waals surface area contributed by atoms with Gasteiger partial charge in [0.15, 0.2) is 6.10 Å². The van der Waals surface area contributed by atoms with Gasteiger partial charge in [0.2, 0.25) is 17.7 Å². The molecule has 4 aliphatic rings. The average Bonchev–Trinajstić information content (AvgIpc) is 3.16. The second kappa shape index (κ2) is 9.53. The molecular formula is C24H37N5O7. The number of nitrogens with two attached hydrogens (primary N) is 2. The first-order valence-electron chi connectivity index (χ1n) is 12.6. The second-order valence-electron chi connectivity index (χ2n) is 11.4. The zero-order valence-corrected chi connectivity index (χ0v) is 21.1. The van der Waals surface area contributed by atoms with Gasteiger partial charge in [-0.25, -0.2) is 4.79 Å². The van der Waals surface area contributed by atoms with Gasteiger partial charge in [0.1, 0.15) is 12.1 Å². The Labute approximate surface area is 210 Å². The van der Waals surface area contributed by atoms with E-state index in [-0.39, 0.29) is 29.6 Å². The van der Waals surface area contributed by atoms with E-state index in [1.54, 1.807) is 0 Å². The van der Waals surface area contributed by atoms with Crippen molar-refractivity contribution in [3.05, 3.63) is 0 Å². The highest BCUT2D eigenvalue weighted by Crippen LogP contribution is 2.65. The molecule has 12 nitrogen and oxygen atoms in total. The van der Waals surface area contributed by atoms with E-state index in [0.717, 1.165) is 0 Å². The lowest BCUT2D eigenvalue weighted by Gasteiger charge is -2.41. The predicted octanol–water partition coefficient (Wildman–Crippen LogP) is -0.754. The third-order valence-corrected chi connectivity index (χ3v) is 8.83. The first-order valence-corrected chi connectivity index (χ1v) is 12.6. The maximum Gasteiger partial charge on any atom is 0.405 e. The number of hydrogen-bond acceptors (Lipinski definition) is 7. The molecule has 6 N–H and O–H groups in total. The zero-order valence-electron chi connectivity index (χ0n) is 21.1. The van der Waals surface area contributed by atoms with Crippen LogP contribution < -0.4 is 22.1 Å². The van der Waals surface area contributed by atoms with Crippen LogP contribution in [0.1, 0.15) is 46.5 Å². The molecule has 3 heterocycles. The SMILES string of the molecule is CC1([C@H](OC(N)=O)C(=O)N2C[C@H]3[C@@H]([C@H]2C(=O)N[C@@H](C[C@@H]2CCNC2=O)C(N)=O)C3(C)C)CCOCC1. The minimum atomic E-state index is -1.16. The molecule has 0 aromatic carbocycles. The lowest BCUT2D eigenvalue weighted by Crippen LogP contribution is -2.59. The monoisotopic (exact) mass is 507 g/mol. The fourth-order valence-electron chi connectivity index (χ4n) is 6.33. The van der Waals surface area contributed by atoms with Crippen molar-refractivity contribution in [3.8, 4) is 0 Å². The van der Waals surface area contributed by atoms with Crippen molar-refractivity contribution in [2.75, 3.05) is 26.3 Å². The minimum absolute atomic E-state index is 0.0848. The van der Waals surface area contributed by atoms with Crippen LogP contribution in [0.15, 0.2) is 0 Å². The van der Waals surface area contributed by atoms with Crippen LogP contribution in [0.3, 0.4) is 0 Å². The molecule has 0 bridgehead atoms. The Morgan fingerprint density at radius 2 is 1.86 bits per heavy atom. The summed E-state index contributed by atoms with van der Waals surface area (Å²) in [5.74, 6) is -2.35. The van der Waals surface area contributed by atoms with Crippen LogP contribution in [0.5, 0.6) is 0 Å². The maximum atomic E-state index is 13.8. The van der Waals surface area contributed by atoms with Crippen molar-refractivity contribution < 1.29 is 33.4 Å². The number of likely N-dealkylation sites (tertiary alicyclic amines) is 1. The summed E-state index contributed by atoms with van der Waals surface area (Å²) in [5, 5.41) is 5.43. The molecule has 0 spiro atoms. The van der Waals surface area contributed by atoms with Crippen molar-refractivity contribution in [1.82, 2.24) is 15.5 Å². The average molecular weight is 508 g/mol. The van der Waals surface area contributed by atoms with Gasteiger partial charge in [-0.15, -0.1) is 0 Å². The number of fused-ring (bicyclic) bond motifs is 1. The van der Waals surface area contributed by atoms with Crippen molar-refractivity contribution in [1.29, 1.82) is 0 Å². The number of piperidine rings is 1. The smallest absolute Gasteiger partial charge is 0.405 e. The Morgan fingerprint density at radius 1 is 1.19 bits per heavy atom. The fourth-order valence-corrected chi connectivity index (χ4v) is 6.33. The largest absolute Gasteiger partial charge is 0.436 e. The van der Waals surface area contributed by atoms with E-state index < -0.39 is 53.3 Å². The summed E-state index contributed by atoms with van der Waals surface area (Å²) in [6.07, 6.45) is -0.589. The van der Waals surface area contributed by atoms with Gasteiger partial charge in [0.25, 0.3) is 5.91 Å². The van der Waals surface area contributed by atoms with E-state index >= 15 is 0 Å². The highest BCUT2D eigenvalue weighted by Gasteiger charge is 2.70. The molecule has 3 aliphatic heterocycles. The van der Waals surface area contributed by atoms with E-state index in [1.165, 1.54) is 4.90 Å². The number of nitrogens with one attached hydrogen (secondary N) is 2. The van der Waals surface area contributed by atoms with Gasteiger partial charge in [-0.3, -0.25) is 19.2 Å². The van der Waals surface area contributed by atoms with Crippen molar-refractivity contribution >= 4 is 29.7 Å². The summed E-state index contributed by atoms with van der Waals surface area (Å²) in [6, 6.07) is -1.91. The van der Waals surface area contributed by atoms with Gasteiger partial charge >= 0.3 is 6.09 Å². The Hall–Kier alpha value is -2.89. The van der Waals surface area contributed by atoms with Crippen molar-refractivity contribution in [3.63, 3.8) is 0 Å². The normalized spacial score (nSPS) is 31.5. The number of ether oxygens (including phenoxy) is 2. The molecule has 3 saturated heterocycles. The highest BCUT2D eigenvalue weighted by atomic mass is 16.6. The number of carbonyl (C=O) groups excluding carboxylic acids is 5. The van der Waals surface area contributed by atoms with Crippen LogP contribution in [0.4, 0.5) is 4.79 Å². The molecule has 12 heteroatoms. The summed E-state index contributed by atoms with van der Waals surface area (Å²) in [4.78, 5) is 64.8. The minimum Gasteiger partial charge on any atom is -0.436 e. The zero-order chi connectivity index (χ0) is 26.4. The number of amides is 5. The Morgan fingerprint density at radius 3 is 2.42 bits per heavy atom. The number of nitrogens with zero attached hydrogens (tertiary/aromatic N) is 1. The standard InChI is InChI=1S/C24H37N5O7/c1-23(2)13-11-29(21(33)17(36-22(26)34)24(3)5-8-35-9-6-24)16(15(13)23)20(32)28-14(18(25)30)10-12-4-7-27-19(12)31/h12-17H,4-11H2,1-3H3,(H2,25,30)(H2,26,34)(H,27,31)(H,28,32)/t12-,13-,14-,15-,16-,17+/m0/s1. The van der Waals surface area contributed by atoms with Crippen LogP contribution >= 0.6 is 0 Å². The molecule has 0 aromatic heterocycles. The van der Waals surface area contributed by atoms with Gasteiger partial charge < -0.3 is 36.5 Å². The van der Waals surface area contributed by atoms with Crippen LogP contribution in [-0.2, 0) is 28.7 Å². The molecule has 6 atom stereocenters. The first kappa shape index (κ1) is 26.2. The quantitative estimate of drug-likeness (QED) is 0.333. The van der Waals surface area contributed by atoms with E-state index in [2.05, 4.69) is 10.6 Å². The van der Waals surface area contributed by atoms with E-state index in [4.69, 9.17) is 20.9 Å². The Balaban J connectivity index is 1.56. The predicted molar refractivity (Wildman–Crippen MR) is 126 cm³/mol. The molecule has 4 fully saturated rings. The van der Waals surface area contributed by atoms with Gasteiger partial charge in [-0.05, 0) is 42.9 Å². The summed E-state index contributed by atoms with van der Waals surface area (Å²) in [6.45, 7) is 7.60. The molecular weight excluding hydrogens is 470 g/mol. The third kappa shape index (κ3) is 4.74. The van der Waals surface area contributed by atoms with Crippen LogP contribution in [0.2, 0.25) is 0 Å². The van der Waals surface area contributed by atoms with Crippen LogP contribution in [0.25, 0.3) is 0 Å². The topological polar surface area (TPSA) is 183 Å².